The first kappa shape index (κ1) is 21.8. The van der Waals surface area contributed by atoms with E-state index in [0.29, 0.717) is 5.69 Å². The van der Waals surface area contributed by atoms with Gasteiger partial charge in [-0.2, -0.15) is 0 Å². The van der Waals surface area contributed by atoms with Gasteiger partial charge in [0.25, 0.3) is 15.9 Å². The maximum Gasteiger partial charge on any atom is 0.265 e. The fourth-order valence-corrected chi connectivity index (χ4v) is 3.77. The number of hydrogen-bond donors (Lipinski definition) is 2. The molecule has 0 fully saturated rings. The number of hydrogen-bond acceptors (Lipinski definition) is 4. The second-order valence-corrected chi connectivity index (χ2v) is 8.86. The lowest BCUT2D eigenvalue weighted by Crippen LogP contribution is -2.42. The molecule has 2 rings (SSSR count). The third kappa shape index (κ3) is 5.25. The average Bonchev–Trinajstić information content (AvgIpc) is 2.67. The van der Waals surface area contributed by atoms with E-state index in [-0.39, 0.29) is 22.1 Å². The van der Waals surface area contributed by atoms with Gasteiger partial charge in [0.05, 0.1) is 7.11 Å². The fraction of sp³-hybridized carbons (Fsp3) is 0.381. The summed E-state index contributed by atoms with van der Waals surface area (Å²) in [5.41, 5.74) is 1.41. The van der Waals surface area contributed by atoms with E-state index in [1.54, 1.807) is 18.2 Å². The molecule has 0 radical (unpaired) electrons. The van der Waals surface area contributed by atoms with Gasteiger partial charge in [0.15, 0.2) is 0 Å². The number of amides is 1. The third-order valence-electron chi connectivity index (χ3n) is 4.67. The van der Waals surface area contributed by atoms with Gasteiger partial charge in [-0.15, -0.1) is 0 Å². The highest BCUT2D eigenvalue weighted by Gasteiger charge is 2.24. The normalized spacial score (nSPS) is 11.8. The first-order valence-electron chi connectivity index (χ1n) is 9.24. The molecule has 28 heavy (non-hydrogen) atoms. The summed E-state index contributed by atoms with van der Waals surface area (Å²) in [4.78, 5) is 12.5. The molecule has 0 spiro atoms. The summed E-state index contributed by atoms with van der Waals surface area (Å²) >= 11 is 0. The molecule has 6 nitrogen and oxygen atoms in total. The van der Waals surface area contributed by atoms with E-state index in [2.05, 4.69) is 10.0 Å². The van der Waals surface area contributed by atoms with E-state index < -0.39 is 15.6 Å². The molecular formula is C21H28N2O4S. The first-order valence-corrected chi connectivity index (χ1v) is 10.7. The molecule has 0 aliphatic rings. The number of rotatable bonds is 8. The molecule has 0 heterocycles. The largest absolute Gasteiger partial charge is 0.495 e. The van der Waals surface area contributed by atoms with Crippen LogP contribution in [0.2, 0.25) is 0 Å². The van der Waals surface area contributed by atoms with Crippen molar-refractivity contribution in [3.05, 3.63) is 53.6 Å². The van der Waals surface area contributed by atoms with Crippen LogP contribution in [0.1, 0.15) is 50.0 Å². The minimum atomic E-state index is -3.94. The molecule has 2 N–H and O–H groups in total. The zero-order chi connectivity index (χ0) is 20.9. The van der Waals surface area contributed by atoms with Crippen molar-refractivity contribution < 1.29 is 17.9 Å². The Balaban J connectivity index is 2.37. The molecule has 2 aromatic carbocycles. The standard InChI is InChI=1S/C21H28N2O4S/c1-6-15-8-11-17(12-9-15)23-28(25,26)19-14-16(10-13-18(19)27-5)20(24)22-21(3,4)7-2/h8-14,23H,6-7H2,1-5H3,(H,22,24). The number of nitrogens with one attached hydrogen (secondary N) is 2. The summed E-state index contributed by atoms with van der Waals surface area (Å²) in [5, 5.41) is 2.91. The third-order valence-corrected chi connectivity index (χ3v) is 6.07. The van der Waals surface area contributed by atoms with E-state index >= 15 is 0 Å². The number of aryl methyl sites for hydroxylation is 1. The van der Waals surface area contributed by atoms with Gasteiger partial charge in [0.2, 0.25) is 0 Å². The van der Waals surface area contributed by atoms with Crippen LogP contribution in [0, 0.1) is 0 Å². The van der Waals surface area contributed by atoms with Crippen molar-refractivity contribution in [3.63, 3.8) is 0 Å². The predicted octanol–water partition coefficient (Wildman–Crippen LogP) is 3.98. The van der Waals surface area contributed by atoms with Crippen LogP contribution in [0.5, 0.6) is 5.75 Å². The van der Waals surface area contributed by atoms with Crippen LogP contribution in [-0.4, -0.2) is 27.0 Å². The molecule has 7 heteroatoms. The molecule has 0 saturated heterocycles. The highest BCUT2D eigenvalue weighted by atomic mass is 32.2. The smallest absolute Gasteiger partial charge is 0.265 e. The van der Waals surface area contributed by atoms with Crippen LogP contribution < -0.4 is 14.8 Å². The monoisotopic (exact) mass is 404 g/mol. The molecule has 0 unspecified atom stereocenters. The average molecular weight is 405 g/mol. The summed E-state index contributed by atoms with van der Waals surface area (Å²) in [6.07, 6.45) is 1.61. The SMILES string of the molecule is CCc1ccc(NS(=O)(=O)c2cc(C(=O)NC(C)(C)CC)ccc2OC)cc1. The van der Waals surface area contributed by atoms with Crippen LogP contribution in [0.3, 0.4) is 0 Å². The van der Waals surface area contributed by atoms with Crippen LogP contribution in [0.15, 0.2) is 47.4 Å². The predicted molar refractivity (Wildman–Crippen MR) is 111 cm³/mol. The number of ether oxygens (including phenoxy) is 1. The van der Waals surface area contributed by atoms with Crippen molar-refractivity contribution in [1.82, 2.24) is 5.32 Å². The lowest BCUT2D eigenvalue weighted by atomic mass is 10.0. The van der Waals surface area contributed by atoms with Crippen LogP contribution >= 0.6 is 0 Å². The Labute approximate surface area is 167 Å². The number of anilines is 1. The zero-order valence-electron chi connectivity index (χ0n) is 17.0. The highest BCUT2D eigenvalue weighted by Crippen LogP contribution is 2.27. The Morgan fingerprint density at radius 1 is 1.07 bits per heavy atom. The molecule has 0 aliphatic heterocycles. The molecule has 0 bridgehead atoms. The Hall–Kier alpha value is -2.54. The summed E-state index contributed by atoms with van der Waals surface area (Å²) < 4.78 is 33.6. The van der Waals surface area contributed by atoms with Crippen LogP contribution in [-0.2, 0) is 16.4 Å². The number of benzene rings is 2. The van der Waals surface area contributed by atoms with Crippen molar-refractivity contribution in [1.29, 1.82) is 0 Å². The minimum absolute atomic E-state index is 0.0866. The van der Waals surface area contributed by atoms with Crippen LogP contribution in [0.4, 0.5) is 5.69 Å². The molecule has 152 valence electrons. The summed E-state index contributed by atoms with van der Waals surface area (Å²) in [5.74, 6) is -0.165. The van der Waals surface area contributed by atoms with E-state index in [1.807, 2.05) is 39.8 Å². The quantitative estimate of drug-likeness (QED) is 0.697. The number of sulfonamides is 1. The van der Waals surface area contributed by atoms with E-state index in [4.69, 9.17) is 4.74 Å². The Morgan fingerprint density at radius 3 is 2.25 bits per heavy atom. The van der Waals surface area contributed by atoms with Gasteiger partial charge < -0.3 is 10.1 Å². The van der Waals surface area contributed by atoms with Gasteiger partial charge in [0.1, 0.15) is 10.6 Å². The van der Waals surface area contributed by atoms with Gasteiger partial charge in [-0.3, -0.25) is 9.52 Å². The summed E-state index contributed by atoms with van der Waals surface area (Å²) in [7, 11) is -2.54. The minimum Gasteiger partial charge on any atom is -0.495 e. The Morgan fingerprint density at radius 2 is 1.71 bits per heavy atom. The molecule has 0 aliphatic carbocycles. The fourth-order valence-electron chi connectivity index (χ4n) is 2.51. The van der Waals surface area contributed by atoms with Crippen molar-refractivity contribution in [3.8, 4) is 5.75 Å². The number of carbonyl (C=O) groups excluding carboxylic acids is 1. The maximum absolute atomic E-state index is 12.9. The van der Waals surface area contributed by atoms with Gasteiger partial charge in [-0.1, -0.05) is 26.0 Å². The van der Waals surface area contributed by atoms with Crippen molar-refractivity contribution in [2.45, 2.75) is 51.0 Å². The zero-order valence-corrected chi connectivity index (χ0v) is 17.8. The van der Waals surface area contributed by atoms with E-state index in [9.17, 15) is 13.2 Å². The topological polar surface area (TPSA) is 84.5 Å². The van der Waals surface area contributed by atoms with E-state index in [1.165, 1.54) is 19.2 Å². The number of methoxy groups -OCH3 is 1. The second-order valence-electron chi connectivity index (χ2n) is 7.21. The van der Waals surface area contributed by atoms with E-state index in [0.717, 1.165) is 18.4 Å². The van der Waals surface area contributed by atoms with Gasteiger partial charge in [0, 0.05) is 16.8 Å². The molecule has 1 amide bonds. The summed E-state index contributed by atoms with van der Waals surface area (Å²) in [6.45, 7) is 7.82. The molecule has 0 atom stereocenters. The van der Waals surface area contributed by atoms with Crippen LogP contribution in [0.25, 0.3) is 0 Å². The number of carbonyl (C=O) groups is 1. The van der Waals surface area contributed by atoms with Crippen molar-refractivity contribution >= 4 is 21.6 Å². The molecule has 0 saturated carbocycles. The highest BCUT2D eigenvalue weighted by molar-refractivity contribution is 7.92. The molecular weight excluding hydrogens is 376 g/mol. The molecule has 0 aromatic heterocycles. The lowest BCUT2D eigenvalue weighted by Gasteiger charge is -2.24. The summed E-state index contributed by atoms with van der Waals surface area (Å²) in [6, 6.07) is 11.5. The maximum atomic E-state index is 12.9. The van der Waals surface area contributed by atoms with Crippen molar-refractivity contribution in [2.24, 2.45) is 0 Å². The molecule has 2 aromatic rings. The Kier molecular flexibility index (Phi) is 6.72. The first-order chi connectivity index (χ1) is 13.1. The van der Waals surface area contributed by atoms with Gasteiger partial charge in [-0.05, 0) is 62.6 Å². The Bertz CT molecular complexity index is 935. The second kappa shape index (κ2) is 8.65. The lowest BCUT2D eigenvalue weighted by molar-refractivity contribution is 0.0911. The van der Waals surface area contributed by atoms with Gasteiger partial charge >= 0.3 is 0 Å². The van der Waals surface area contributed by atoms with Crippen molar-refractivity contribution in [2.75, 3.05) is 11.8 Å². The van der Waals surface area contributed by atoms with Gasteiger partial charge in [-0.25, -0.2) is 8.42 Å².